The van der Waals surface area contributed by atoms with Crippen LogP contribution in [0.4, 0.5) is 5.82 Å². The maximum Gasteiger partial charge on any atom is 0.414 e. The Kier molecular flexibility index (Phi) is 15.0. The predicted octanol–water partition coefficient (Wildman–Crippen LogP) is 1.37. The van der Waals surface area contributed by atoms with E-state index in [1.54, 1.807) is 26.5 Å². The number of rotatable bonds is 9. The van der Waals surface area contributed by atoms with Crippen molar-refractivity contribution in [1.29, 1.82) is 0 Å². The third-order valence-corrected chi connectivity index (χ3v) is 6.43. The fourth-order valence-electron chi connectivity index (χ4n) is 4.00. The van der Waals surface area contributed by atoms with Crippen LogP contribution >= 0.6 is 0 Å². The van der Waals surface area contributed by atoms with E-state index in [2.05, 4.69) is 19.8 Å². The van der Waals surface area contributed by atoms with Crippen LogP contribution in [0.15, 0.2) is 54.7 Å². The summed E-state index contributed by atoms with van der Waals surface area (Å²) in [5.74, 6) is -4.46. The smallest absolute Gasteiger partial charge is 0.414 e. The molecule has 4 N–H and O–H groups in total. The molecular weight excluding hydrogens is 634 g/mol. The van der Waals surface area contributed by atoms with Gasteiger partial charge in [0.25, 0.3) is 5.91 Å². The van der Waals surface area contributed by atoms with Gasteiger partial charge in [0.05, 0.1) is 26.1 Å². The highest BCUT2D eigenvalue weighted by atomic mass is 16.5. The first-order chi connectivity index (χ1) is 22.8. The molecule has 1 saturated heterocycles. The van der Waals surface area contributed by atoms with Crippen LogP contribution in [0, 0.1) is 0 Å². The number of carbonyl (C=O) groups excluding carboxylic acids is 1. The number of ether oxygens (including phenoxy) is 3. The number of hydrogen-bond acceptors (Lipinski definition) is 12. The van der Waals surface area contributed by atoms with E-state index in [-0.39, 0.29) is 5.91 Å². The minimum absolute atomic E-state index is 0.0745. The largest absolute Gasteiger partial charge is 0.493 e. The van der Waals surface area contributed by atoms with Crippen LogP contribution in [-0.4, -0.2) is 138 Å². The van der Waals surface area contributed by atoms with Gasteiger partial charge in [-0.2, -0.15) is 0 Å². The van der Waals surface area contributed by atoms with Gasteiger partial charge < -0.3 is 49.3 Å². The zero-order valence-electron chi connectivity index (χ0n) is 26.7. The van der Waals surface area contributed by atoms with Crippen molar-refractivity contribution in [3.63, 3.8) is 0 Å². The Morgan fingerprint density at radius 3 is 1.90 bits per heavy atom. The van der Waals surface area contributed by atoms with Gasteiger partial charge in [-0.1, -0.05) is 6.07 Å². The molecule has 2 aromatic heterocycles. The van der Waals surface area contributed by atoms with Gasteiger partial charge in [-0.15, -0.1) is 0 Å². The van der Waals surface area contributed by atoms with Crippen molar-refractivity contribution in [2.24, 2.45) is 0 Å². The number of benzene rings is 1. The molecule has 1 amide bonds. The van der Waals surface area contributed by atoms with Crippen LogP contribution in [0.2, 0.25) is 0 Å². The number of carbonyl (C=O) groups is 5. The molecule has 4 rings (SSSR count). The molecule has 1 aromatic carbocycles. The Labute approximate surface area is 275 Å². The van der Waals surface area contributed by atoms with Crippen LogP contribution < -0.4 is 19.1 Å². The van der Waals surface area contributed by atoms with E-state index in [1.165, 1.54) is 0 Å². The van der Waals surface area contributed by atoms with E-state index in [0.717, 1.165) is 23.7 Å². The molecular formula is C31H37N5O12. The molecule has 0 atom stereocenters. The van der Waals surface area contributed by atoms with Gasteiger partial charge in [-0.05, 0) is 56.6 Å². The quantitative estimate of drug-likeness (QED) is 0.235. The third kappa shape index (κ3) is 12.1. The highest BCUT2D eigenvalue weighted by Crippen LogP contribution is 2.31. The molecule has 17 heteroatoms. The first-order valence-electron chi connectivity index (χ1n) is 14.2. The van der Waals surface area contributed by atoms with E-state index >= 15 is 0 Å². The number of anilines is 1. The number of aliphatic carboxylic acids is 4. The Morgan fingerprint density at radius 2 is 1.40 bits per heavy atom. The molecule has 1 aliphatic heterocycles. The number of methoxy groups -OCH3 is 2. The zero-order valence-corrected chi connectivity index (χ0v) is 26.7. The molecule has 0 aliphatic carbocycles. The zero-order chi connectivity index (χ0) is 35.8. The summed E-state index contributed by atoms with van der Waals surface area (Å²) >= 11 is 0. The van der Waals surface area contributed by atoms with Crippen molar-refractivity contribution in [3.8, 4) is 28.5 Å². The minimum Gasteiger partial charge on any atom is -0.493 e. The summed E-state index contributed by atoms with van der Waals surface area (Å²) in [6.45, 7) is 4.08. The van der Waals surface area contributed by atoms with Crippen LogP contribution in [-0.2, 0) is 19.2 Å². The van der Waals surface area contributed by atoms with Crippen molar-refractivity contribution < 1.29 is 58.6 Å². The number of pyridine rings is 2. The summed E-state index contributed by atoms with van der Waals surface area (Å²) in [7, 11) is 7.22. The van der Waals surface area contributed by atoms with Crippen molar-refractivity contribution >= 4 is 35.6 Å². The normalized spacial score (nSPS) is 12.0. The lowest BCUT2D eigenvalue weighted by molar-refractivity contribution is -0.159. The van der Waals surface area contributed by atoms with Crippen LogP contribution in [0.3, 0.4) is 0 Å². The Morgan fingerprint density at radius 1 is 0.792 bits per heavy atom. The molecule has 0 spiro atoms. The van der Waals surface area contributed by atoms with Gasteiger partial charge in [-0.3, -0.25) is 4.79 Å². The van der Waals surface area contributed by atoms with Crippen LogP contribution in [0.5, 0.6) is 17.2 Å². The van der Waals surface area contributed by atoms with E-state index in [9.17, 15) is 4.79 Å². The SMILES string of the molecule is COc1ccc(-c2cccc(C(=O)N3CCN(c4ccc(OCCN(C)C)cn4)CC3)n2)cc1OC.O=C(O)C(=O)O.O=C(O)C(=O)O. The topological polar surface area (TPSA) is 229 Å². The number of carboxylic acids is 4. The second kappa shape index (κ2) is 18.9. The van der Waals surface area contributed by atoms with E-state index in [4.69, 9.17) is 53.8 Å². The summed E-state index contributed by atoms with van der Waals surface area (Å²) < 4.78 is 16.4. The summed E-state index contributed by atoms with van der Waals surface area (Å²) in [5.41, 5.74) is 1.98. The van der Waals surface area contributed by atoms with Crippen LogP contribution in [0.1, 0.15) is 10.5 Å². The number of amides is 1. The summed E-state index contributed by atoms with van der Waals surface area (Å²) in [6.07, 6.45) is 1.76. The molecule has 0 radical (unpaired) electrons. The van der Waals surface area contributed by atoms with E-state index in [1.807, 2.05) is 61.5 Å². The maximum absolute atomic E-state index is 13.2. The molecule has 1 aliphatic rings. The molecule has 3 aromatic rings. The van der Waals surface area contributed by atoms with Gasteiger partial charge in [0, 0.05) is 38.3 Å². The van der Waals surface area contributed by atoms with Gasteiger partial charge in [-0.25, -0.2) is 29.1 Å². The molecule has 48 heavy (non-hydrogen) atoms. The average Bonchev–Trinajstić information content (AvgIpc) is 3.08. The number of piperazine rings is 1. The lowest BCUT2D eigenvalue weighted by Gasteiger charge is -2.35. The first-order valence-corrected chi connectivity index (χ1v) is 14.2. The summed E-state index contributed by atoms with van der Waals surface area (Å²) in [5, 5.41) is 29.6. The Bertz CT molecular complexity index is 1510. The molecule has 1 fully saturated rings. The monoisotopic (exact) mass is 671 g/mol. The van der Waals surface area contributed by atoms with Crippen molar-refractivity contribution in [1.82, 2.24) is 19.8 Å². The molecule has 3 heterocycles. The Balaban J connectivity index is 0.000000570. The second-order valence-corrected chi connectivity index (χ2v) is 9.98. The fourth-order valence-corrected chi connectivity index (χ4v) is 4.00. The van der Waals surface area contributed by atoms with Crippen molar-refractivity contribution in [3.05, 3.63) is 60.4 Å². The lowest BCUT2D eigenvalue weighted by atomic mass is 10.1. The molecule has 258 valence electrons. The molecule has 0 saturated carbocycles. The third-order valence-electron chi connectivity index (χ3n) is 6.43. The highest BCUT2D eigenvalue weighted by Gasteiger charge is 2.24. The maximum atomic E-state index is 13.2. The first kappa shape index (κ1) is 38.2. The Hall–Kier alpha value is -5.97. The fraction of sp³-hybridized carbons (Fsp3) is 0.323. The summed E-state index contributed by atoms with van der Waals surface area (Å²) in [4.78, 5) is 64.9. The second-order valence-electron chi connectivity index (χ2n) is 9.98. The number of hydrogen-bond donors (Lipinski definition) is 4. The average molecular weight is 672 g/mol. The molecule has 0 unspecified atom stereocenters. The number of nitrogens with zero attached hydrogens (tertiary/aromatic N) is 5. The van der Waals surface area contributed by atoms with Crippen molar-refractivity contribution in [2.45, 2.75) is 0 Å². The van der Waals surface area contributed by atoms with Gasteiger partial charge in [0.15, 0.2) is 11.5 Å². The minimum atomic E-state index is -1.82. The lowest BCUT2D eigenvalue weighted by Crippen LogP contribution is -2.49. The molecule has 17 nitrogen and oxygen atoms in total. The standard InChI is InChI=1S/C27H33N5O4.2C2H2O4/c1-30(2)16-17-36-21-9-11-26(28-19-21)31-12-14-32(15-13-31)27(33)23-7-5-6-22(29-23)20-8-10-24(34-3)25(18-20)35-4;2*3-1(4)2(5)6/h5-11,18-19H,12-17H2,1-4H3;2*(H,3,4)(H,5,6). The number of aromatic nitrogens is 2. The highest BCUT2D eigenvalue weighted by molar-refractivity contribution is 6.27. The van der Waals surface area contributed by atoms with Gasteiger partial charge in [0.1, 0.15) is 23.9 Å². The number of carboxylic acid groups (broad SMARTS) is 4. The van der Waals surface area contributed by atoms with Crippen molar-refractivity contribution in [2.75, 3.05) is 72.5 Å². The predicted molar refractivity (Wildman–Crippen MR) is 170 cm³/mol. The van der Waals surface area contributed by atoms with Gasteiger partial charge in [0.2, 0.25) is 0 Å². The van der Waals surface area contributed by atoms with Gasteiger partial charge >= 0.3 is 23.9 Å². The number of likely N-dealkylation sites (N-methyl/N-ethyl adjacent to an activating group) is 1. The van der Waals surface area contributed by atoms with E-state index in [0.29, 0.717) is 55.7 Å². The van der Waals surface area contributed by atoms with E-state index < -0.39 is 23.9 Å². The molecule has 0 bridgehead atoms. The van der Waals surface area contributed by atoms with Crippen LogP contribution in [0.25, 0.3) is 11.3 Å². The summed E-state index contributed by atoms with van der Waals surface area (Å²) in [6, 6.07) is 15.0.